The van der Waals surface area contributed by atoms with E-state index in [9.17, 15) is 9.59 Å². The number of aromatic nitrogens is 1. The molecule has 0 radical (unpaired) electrons. The SMILES string of the molecule is COC(=O)Cn1c(=NC(=O)COc2ccc(Cl)cc2)sc2cc(C(C)C)ccc21. The molecule has 0 saturated carbocycles. The molecule has 152 valence electrons. The maximum atomic E-state index is 12.4. The van der Waals surface area contributed by atoms with Crippen molar-refractivity contribution in [1.29, 1.82) is 0 Å². The number of amides is 1. The predicted octanol–water partition coefficient (Wildman–Crippen LogP) is 4.16. The minimum atomic E-state index is -0.450. The van der Waals surface area contributed by atoms with Crippen LogP contribution in [-0.4, -0.2) is 30.2 Å². The Morgan fingerprint density at radius 2 is 1.90 bits per heavy atom. The molecule has 3 rings (SSSR count). The maximum absolute atomic E-state index is 12.4. The first-order valence-electron chi connectivity index (χ1n) is 9.03. The molecule has 0 spiro atoms. The van der Waals surface area contributed by atoms with E-state index in [4.69, 9.17) is 21.1 Å². The van der Waals surface area contributed by atoms with Gasteiger partial charge in [0.25, 0.3) is 5.91 Å². The Morgan fingerprint density at radius 3 is 2.55 bits per heavy atom. The van der Waals surface area contributed by atoms with Gasteiger partial charge in [-0.05, 0) is 47.9 Å². The van der Waals surface area contributed by atoms with Crippen LogP contribution < -0.4 is 9.54 Å². The van der Waals surface area contributed by atoms with E-state index >= 15 is 0 Å². The van der Waals surface area contributed by atoms with Crippen molar-refractivity contribution in [3.63, 3.8) is 0 Å². The van der Waals surface area contributed by atoms with Gasteiger partial charge in [0, 0.05) is 5.02 Å². The van der Waals surface area contributed by atoms with Gasteiger partial charge >= 0.3 is 5.97 Å². The average molecular weight is 433 g/mol. The van der Waals surface area contributed by atoms with E-state index in [2.05, 4.69) is 24.9 Å². The van der Waals surface area contributed by atoms with Crippen molar-refractivity contribution < 1.29 is 19.1 Å². The fraction of sp³-hybridized carbons (Fsp3) is 0.286. The lowest BCUT2D eigenvalue weighted by atomic mass is 10.0. The molecular formula is C21H21ClN2O4S. The Hall–Kier alpha value is -2.64. The van der Waals surface area contributed by atoms with Gasteiger partial charge in [-0.15, -0.1) is 0 Å². The number of hydrogen-bond donors (Lipinski definition) is 0. The number of ether oxygens (including phenoxy) is 2. The second-order valence-corrected chi connectivity index (χ2v) is 8.12. The third kappa shape index (κ3) is 5.25. The van der Waals surface area contributed by atoms with Crippen molar-refractivity contribution in [3.05, 3.63) is 57.9 Å². The number of esters is 1. The summed E-state index contributed by atoms with van der Waals surface area (Å²) in [6, 6.07) is 12.7. The fourth-order valence-corrected chi connectivity index (χ4v) is 3.92. The van der Waals surface area contributed by atoms with E-state index in [1.54, 1.807) is 28.8 Å². The standard InChI is InChI=1S/C21H21ClN2O4S/c1-13(2)14-4-9-17-18(10-14)29-21(24(17)11-20(26)27-3)23-19(25)12-28-16-7-5-15(22)6-8-16/h4-10,13H,11-12H2,1-3H3. The average Bonchev–Trinajstić information content (AvgIpc) is 3.03. The lowest BCUT2D eigenvalue weighted by Gasteiger charge is -2.07. The number of methoxy groups -OCH3 is 1. The first-order chi connectivity index (χ1) is 13.9. The Morgan fingerprint density at radius 1 is 1.17 bits per heavy atom. The zero-order valence-corrected chi connectivity index (χ0v) is 17.9. The second kappa shape index (κ2) is 9.24. The van der Waals surface area contributed by atoms with Gasteiger partial charge in [0.1, 0.15) is 12.3 Å². The third-order valence-corrected chi connectivity index (χ3v) is 5.58. The minimum Gasteiger partial charge on any atom is -0.484 e. The zero-order chi connectivity index (χ0) is 21.0. The number of fused-ring (bicyclic) bond motifs is 1. The summed E-state index contributed by atoms with van der Waals surface area (Å²) >= 11 is 7.20. The Balaban J connectivity index is 1.92. The quantitative estimate of drug-likeness (QED) is 0.548. The van der Waals surface area contributed by atoms with E-state index in [-0.39, 0.29) is 13.2 Å². The highest BCUT2D eigenvalue weighted by Crippen LogP contribution is 2.23. The van der Waals surface area contributed by atoms with Gasteiger partial charge < -0.3 is 14.0 Å². The van der Waals surface area contributed by atoms with Crippen LogP contribution in [0.3, 0.4) is 0 Å². The molecule has 0 aliphatic carbocycles. The molecule has 3 aromatic rings. The van der Waals surface area contributed by atoms with Gasteiger partial charge in [0.2, 0.25) is 0 Å². The normalized spacial score (nSPS) is 11.8. The van der Waals surface area contributed by atoms with Gasteiger partial charge in [-0.25, -0.2) is 0 Å². The van der Waals surface area contributed by atoms with Crippen LogP contribution in [0.25, 0.3) is 10.2 Å². The van der Waals surface area contributed by atoms with Gasteiger partial charge in [-0.3, -0.25) is 9.59 Å². The number of halogens is 1. The maximum Gasteiger partial charge on any atom is 0.325 e. The monoisotopic (exact) mass is 432 g/mol. The highest BCUT2D eigenvalue weighted by Gasteiger charge is 2.13. The van der Waals surface area contributed by atoms with E-state index in [0.29, 0.717) is 21.5 Å². The lowest BCUT2D eigenvalue weighted by molar-refractivity contribution is -0.141. The summed E-state index contributed by atoms with van der Waals surface area (Å²) in [5, 5.41) is 0.586. The summed E-state index contributed by atoms with van der Waals surface area (Å²) in [5.41, 5.74) is 2.00. The molecule has 0 N–H and O–H groups in total. The highest BCUT2D eigenvalue weighted by molar-refractivity contribution is 7.16. The largest absolute Gasteiger partial charge is 0.484 e. The van der Waals surface area contributed by atoms with Crippen LogP contribution >= 0.6 is 22.9 Å². The summed E-state index contributed by atoms with van der Waals surface area (Å²) in [5.74, 6) is 0.0295. The highest BCUT2D eigenvalue weighted by atomic mass is 35.5. The van der Waals surface area contributed by atoms with E-state index in [1.807, 2.05) is 12.1 Å². The van der Waals surface area contributed by atoms with Crippen LogP contribution in [0.4, 0.5) is 0 Å². The third-order valence-electron chi connectivity index (χ3n) is 4.28. The number of nitrogens with zero attached hydrogens (tertiary/aromatic N) is 2. The molecule has 0 unspecified atom stereocenters. The first kappa shape index (κ1) is 21.1. The molecule has 0 aliphatic rings. The van der Waals surface area contributed by atoms with Crippen LogP contribution in [0.15, 0.2) is 47.5 Å². The number of rotatable bonds is 6. The van der Waals surface area contributed by atoms with Crippen molar-refractivity contribution in [2.45, 2.75) is 26.3 Å². The molecular weight excluding hydrogens is 412 g/mol. The molecule has 1 heterocycles. The first-order valence-corrected chi connectivity index (χ1v) is 10.2. The predicted molar refractivity (Wildman–Crippen MR) is 113 cm³/mol. The molecule has 1 aromatic heterocycles. The summed E-state index contributed by atoms with van der Waals surface area (Å²) in [7, 11) is 1.33. The summed E-state index contributed by atoms with van der Waals surface area (Å²) in [6.45, 7) is 3.98. The lowest BCUT2D eigenvalue weighted by Crippen LogP contribution is -2.23. The number of carbonyl (C=O) groups is 2. The van der Waals surface area contributed by atoms with Crippen LogP contribution in [0.1, 0.15) is 25.3 Å². The summed E-state index contributed by atoms with van der Waals surface area (Å²) < 4.78 is 12.9. The van der Waals surface area contributed by atoms with Crippen LogP contribution in [0.2, 0.25) is 5.02 Å². The Kier molecular flexibility index (Phi) is 6.71. The van der Waals surface area contributed by atoms with Crippen molar-refractivity contribution in [2.75, 3.05) is 13.7 Å². The Labute approximate surface area is 177 Å². The van der Waals surface area contributed by atoms with Gasteiger partial charge in [-0.1, -0.05) is 42.9 Å². The van der Waals surface area contributed by atoms with E-state index < -0.39 is 11.9 Å². The number of carbonyl (C=O) groups excluding carboxylic acids is 2. The zero-order valence-electron chi connectivity index (χ0n) is 16.3. The minimum absolute atomic E-state index is 0.0261. The molecule has 0 saturated heterocycles. The number of hydrogen-bond acceptors (Lipinski definition) is 5. The van der Waals surface area contributed by atoms with Crippen molar-refractivity contribution in [3.8, 4) is 5.75 Å². The van der Waals surface area contributed by atoms with Crippen molar-refractivity contribution >= 4 is 45.0 Å². The van der Waals surface area contributed by atoms with Gasteiger partial charge in [0.15, 0.2) is 11.4 Å². The van der Waals surface area contributed by atoms with Gasteiger partial charge in [-0.2, -0.15) is 4.99 Å². The smallest absolute Gasteiger partial charge is 0.325 e. The Bertz CT molecular complexity index is 1100. The van der Waals surface area contributed by atoms with Crippen molar-refractivity contribution in [1.82, 2.24) is 4.57 Å². The topological polar surface area (TPSA) is 69.9 Å². The van der Waals surface area contributed by atoms with Crippen LogP contribution in [0, 0.1) is 0 Å². The van der Waals surface area contributed by atoms with E-state index in [1.165, 1.54) is 24.0 Å². The summed E-state index contributed by atoms with van der Waals surface area (Å²) in [6.07, 6.45) is 0. The van der Waals surface area contributed by atoms with Crippen molar-refractivity contribution in [2.24, 2.45) is 4.99 Å². The van der Waals surface area contributed by atoms with Crippen LogP contribution in [0.5, 0.6) is 5.75 Å². The summed E-state index contributed by atoms with van der Waals surface area (Å²) in [4.78, 5) is 28.8. The molecule has 29 heavy (non-hydrogen) atoms. The molecule has 0 fully saturated rings. The van der Waals surface area contributed by atoms with E-state index in [0.717, 1.165) is 10.2 Å². The second-order valence-electron chi connectivity index (χ2n) is 6.68. The molecule has 0 atom stereocenters. The molecule has 0 aliphatic heterocycles. The number of thiazole rings is 1. The van der Waals surface area contributed by atoms with Gasteiger partial charge in [0.05, 0.1) is 17.3 Å². The molecule has 0 bridgehead atoms. The number of benzene rings is 2. The van der Waals surface area contributed by atoms with Crippen LogP contribution in [-0.2, 0) is 20.9 Å². The fourth-order valence-electron chi connectivity index (χ4n) is 2.70. The molecule has 6 nitrogen and oxygen atoms in total. The molecule has 1 amide bonds. The molecule has 8 heteroatoms. The molecule has 2 aromatic carbocycles.